The molecule has 1 aromatic carbocycles. The van der Waals surface area contributed by atoms with Crippen LogP contribution in [0.2, 0.25) is 0 Å². The van der Waals surface area contributed by atoms with E-state index >= 15 is 0 Å². The van der Waals surface area contributed by atoms with Crippen LogP contribution in [0.15, 0.2) is 59.5 Å². The van der Waals surface area contributed by atoms with Crippen molar-refractivity contribution in [3.05, 3.63) is 83.6 Å². The smallest absolute Gasteiger partial charge is 0.130 e. The van der Waals surface area contributed by atoms with Gasteiger partial charge in [0.2, 0.25) is 0 Å². The number of hydrogen-bond acceptors (Lipinski definition) is 2. The summed E-state index contributed by atoms with van der Waals surface area (Å²) in [6, 6.07) is 9.85. The second-order valence-electron chi connectivity index (χ2n) is 6.15. The fraction of sp³-hybridized carbons (Fsp3) is 0.263. The first kappa shape index (κ1) is 15.1. The average Bonchev–Trinajstić information content (AvgIpc) is 3.21. The van der Waals surface area contributed by atoms with Crippen LogP contribution in [0.3, 0.4) is 0 Å². The van der Waals surface area contributed by atoms with Crippen molar-refractivity contribution in [2.45, 2.75) is 25.6 Å². The summed E-state index contributed by atoms with van der Waals surface area (Å²) < 4.78 is 34.8. The summed E-state index contributed by atoms with van der Waals surface area (Å²) in [5.41, 5.74) is 2.71. The van der Waals surface area contributed by atoms with Crippen molar-refractivity contribution >= 4 is 0 Å². The number of aromatic nitrogens is 1. The molecule has 124 valence electrons. The third-order valence-corrected chi connectivity index (χ3v) is 4.60. The van der Waals surface area contributed by atoms with Crippen LogP contribution in [0.1, 0.15) is 29.3 Å². The Kier molecular flexibility index (Phi) is 3.94. The largest absolute Gasteiger partial charge is 0.472 e. The molecule has 0 saturated heterocycles. The van der Waals surface area contributed by atoms with Gasteiger partial charge in [-0.15, -0.1) is 0 Å². The van der Waals surface area contributed by atoms with Gasteiger partial charge in [-0.05, 0) is 30.7 Å². The van der Waals surface area contributed by atoms with E-state index in [0.29, 0.717) is 12.1 Å². The quantitative estimate of drug-likeness (QED) is 0.712. The zero-order chi connectivity index (χ0) is 16.5. The molecule has 0 aliphatic carbocycles. The minimum Gasteiger partial charge on any atom is -0.472 e. The molecule has 24 heavy (non-hydrogen) atoms. The highest BCUT2D eigenvalue weighted by atomic mass is 19.1. The van der Waals surface area contributed by atoms with Gasteiger partial charge in [-0.2, -0.15) is 0 Å². The molecular formula is C19H18F2N2O. The van der Waals surface area contributed by atoms with E-state index in [0.717, 1.165) is 36.8 Å². The molecule has 2 aromatic heterocycles. The van der Waals surface area contributed by atoms with E-state index in [-0.39, 0.29) is 6.04 Å². The van der Waals surface area contributed by atoms with E-state index in [9.17, 15) is 8.78 Å². The van der Waals surface area contributed by atoms with Crippen LogP contribution in [0.4, 0.5) is 8.78 Å². The van der Waals surface area contributed by atoms with Crippen molar-refractivity contribution < 1.29 is 13.2 Å². The van der Waals surface area contributed by atoms with Crippen LogP contribution in [0.25, 0.3) is 0 Å². The maximum atomic E-state index is 14.1. The molecule has 0 fully saturated rings. The second-order valence-corrected chi connectivity index (χ2v) is 6.15. The highest BCUT2D eigenvalue weighted by molar-refractivity contribution is 5.28. The summed E-state index contributed by atoms with van der Waals surface area (Å²) in [6.07, 6.45) is 6.44. The lowest BCUT2D eigenvalue weighted by Crippen LogP contribution is -2.29. The molecule has 1 atom stereocenters. The number of fused-ring (bicyclic) bond motifs is 1. The monoisotopic (exact) mass is 328 g/mol. The van der Waals surface area contributed by atoms with Gasteiger partial charge in [0.05, 0.1) is 18.6 Å². The molecule has 0 bridgehead atoms. The molecule has 3 nitrogen and oxygen atoms in total. The van der Waals surface area contributed by atoms with Crippen LogP contribution < -0.4 is 0 Å². The fourth-order valence-corrected chi connectivity index (χ4v) is 3.49. The predicted octanol–water partition coefficient (Wildman–Crippen LogP) is 4.35. The number of benzene rings is 1. The van der Waals surface area contributed by atoms with E-state index in [2.05, 4.69) is 21.7 Å². The molecule has 0 amide bonds. The Morgan fingerprint density at radius 3 is 2.83 bits per heavy atom. The van der Waals surface area contributed by atoms with Gasteiger partial charge < -0.3 is 8.98 Å². The lowest BCUT2D eigenvalue weighted by atomic mass is 10.0. The number of halogens is 2. The van der Waals surface area contributed by atoms with Gasteiger partial charge in [0.15, 0.2) is 0 Å². The minimum absolute atomic E-state index is 0.00861. The number of nitrogens with zero attached hydrogens (tertiary/aromatic N) is 2. The number of aryl methyl sites for hydroxylation is 1. The highest BCUT2D eigenvalue weighted by Crippen LogP contribution is 2.33. The first-order valence-electron chi connectivity index (χ1n) is 8.07. The minimum atomic E-state index is -0.549. The first-order valence-corrected chi connectivity index (χ1v) is 8.07. The topological polar surface area (TPSA) is 21.3 Å². The summed E-state index contributed by atoms with van der Waals surface area (Å²) in [4.78, 5) is 2.22. The second kappa shape index (κ2) is 6.24. The highest BCUT2D eigenvalue weighted by Gasteiger charge is 2.28. The van der Waals surface area contributed by atoms with Crippen molar-refractivity contribution in [1.29, 1.82) is 0 Å². The molecule has 1 unspecified atom stereocenters. The average molecular weight is 328 g/mol. The van der Waals surface area contributed by atoms with Crippen molar-refractivity contribution in [2.75, 3.05) is 6.54 Å². The lowest BCUT2D eigenvalue weighted by molar-refractivity contribution is 0.216. The van der Waals surface area contributed by atoms with Crippen molar-refractivity contribution in [2.24, 2.45) is 0 Å². The lowest BCUT2D eigenvalue weighted by Gasteiger charge is -2.29. The molecule has 0 saturated carbocycles. The fourth-order valence-electron chi connectivity index (χ4n) is 3.49. The number of rotatable bonds is 3. The molecule has 0 N–H and O–H groups in total. The molecular weight excluding hydrogens is 310 g/mol. The van der Waals surface area contributed by atoms with Crippen molar-refractivity contribution in [1.82, 2.24) is 9.47 Å². The number of hydrogen-bond donors (Lipinski definition) is 0. The van der Waals surface area contributed by atoms with Crippen LogP contribution in [0.5, 0.6) is 0 Å². The Hall–Kier alpha value is -2.40. The maximum Gasteiger partial charge on any atom is 0.130 e. The molecule has 0 spiro atoms. The van der Waals surface area contributed by atoms with Gasteiger partial charge >= 0.3 is 0 Å². The van der Waals surface area contributed by atoms with Gasteiger partial charge in [0.25, 0.3) is 0 Å². The third kappa shape index (κ3) is 2.76. The van der Waals surface area contributed by atoms with E-state index in [4.69, 9.17) is 4.42 Å². The molecule has 5 heteroatoms. The van der Waals surface area contributed by atoms with Gasteiger partial charge in [0, 0.05) is 48.7 Å². The summed E-state index contributed by atoms with van der Waals surface area (Å²) in [7, 11) is 0. The number of furan rings is 1. The van der Waals surface area contributed by atoms with Crippen LogP contribution in [-0.4, -0.2) is 16.0 Å². The first-order chi connectivity index (χ1) is 11.7. The Morgan fingerprint density at radius 2 is 2.04 bits per heavy atom. The van der Waals surface area contributed by atoms with E-state index in [1.165, 1.54) is 12.1 Å². The summed E-state index contributed by atoms with van der Waals surface area (Å²) >= 11 is 0. The van der Waals surface area contributed by atoms with Crippen molar-refractivity contribution in [3.63, 3.8) is 0 Å². The van der Waals surface area contributed by atoms with Gasteiger partial charge in [-0.1, -0.05) is 6.07 Å². The van der Waals surface area contributed by atoms with Crippen LogP contribution in [0, 0.1) is 11.6 Å². The summed E-state index contributed by atoms with van der Waals surface area (Å²) in [5, 5.41) is 0. The van der Waals surface area contributed by atoms with E-state index < -0.39 is 11.6 Å². The Morgan fingerprint density at radius 1 is 1.12 bits per heavy atom. The zero-order valence-electron chi connectivity index (χ0n) is 13.2. The molecule has 1 aliphatic rings. The van der Waals surface area contributed by atoms with Crippen molar-refractivity contribution in [3.8, 4) is 0 Å². The van der Waals surface area contributed by atoms with Crippen LogP contribution >= 0.6 is 0 Å². The molecule has 3 heterocycles. The summed E-state index contributed by atoms with van der Waals surface area (Å²) in [6.45, 7) is 2.18. The molecule has 1 aliphatic heterocycles. The normalized spacial score (nSPS) is 18.3. The Labute approximate surface area is 139 Å². The van der Waals surface area contributed by atoms with E-state index in [1.54, 1.807) is 12.5 Å². The standard InChI is InChI=1S/C19H18F2N2O/c20-16-5-4-14(17(21)11-16)12-23-9-2-8-22-7-1-3-18(22)19(23)15-6-10-24-13-15/h1,3-7,10-11,13,19H,2,8-9,12H2. The van der Waals surface area contributed by atoms with Gasteiger partial charge in [-0.3, -0.25) is 4.90 Å². The predicted molar refractivity (Wildman–Crippen MR) is 86.4 cm³/mol. The van der Waals surface area contributed by atoms with Crippen LogP contribution in [-0.2, 0) is 13.1 Å². The SMILES string of the molecule is Fc1ccc(CN2CCCn3cccc3C2c2ccoc2)c(F)c1. The molecule has 3 aromatic rings. The molecule has 4 rings (SSSR count). The summed E-state index contributed by atoms with van der Waals surface area (Å²) in [5.74, 6) is -1.05. The van der Waals surface area contributed by atoms with E-state index in [1.807, 2.05) is 12.1 Å². The Balaban J connectivity index is 1.72. The maximum absolute atomic E-state index is 14.1. The zero-order valence-corrected chi connectivity index (χ0v) is 13.2. The van der Waals surface area contributed by atoms with Gasteiger partial charge in [0.1, 0.15) is 11.6 Å². The third-order valence-electron chi connectivity index (χ3n) is 4.60. The Bertz CT molecular complexity index is 826. The van der Waals surface area contributed by atoms with Gasteiger partial charge in [-0.25, -0.2) is 8.78 Å². The molecule has 0 radical (unpaired) electrons.